The highest BCUT2D eigenvalue weighted by Crippen LogP contribution is 2.22. The van der Waals surface area contributed by atoms with Gasteiger partial charge in [0.25, 0.3) is 11.8 Å². The van der Waals surface area contributed by atoms with Crippen molar-refractivity contribution in [3.05, 3.63) is 78.4 Å². The maximum atomic E-state index is 12.8. The average Bonchev–Trinajstić information content (AvgIpc) is 3.34. The van der Waals surface area contributed by atoms with Crippen LogP contribution >= 0.6 is 0 Å². The fraction of sp³-hybridized carbons (Fsp3) is 0.150. The lowest BCUT2D eigenvalue weighted by Gasteiger charge is -2.12. The Bertz CT molecular complexity index is 945. The van der Waals surface area contributed by atoms with Crippen LogP contribution in [0.15, 0.2) is 67.1 Å². The summed E-state index contributed by atoms with van der Waals surface area (Å²) in [5, 5.41) is 5.79. The zero-order valence-electron chi connectivity index (χ0n) is 14.1. The molecule has 1 fully saturated rings. The molecule has 6 nitrogen and oxygen atoms in total. The Labute approximate surface area is 150 Å². The van der Waals surface area contributed by atoms with Crippen LogP contribution in [0.25, 0.3) is 5.69 Å². The molecular weight excluding hydrogens is 328 g/mol. The van der Waals surface area contributed by atoms with E-state index in [4.69, 9.17) is 0 Å². The van der Waals surface area contributed by atoms with Gasteiger partial charge in [-0.15, -0.1) is 0 Å². The number of aromatic nitrogens is 2. The van der Waals surface area contributed by atoms with Crippen molar-refractivity contribution in [2.75, 3.05) is 5.32 Å². The van der Waals surface area contributed by atoms with Gasteiger partial charge in [0, 0.05) is 11.7 Å². The summed E-state index contributed by atoms with van der Waals surface area (Å²) in [6.45, 7) is 0. The first-order valence-corrected chi connectivity index (χ1v) is 8.51. The molecule has 6 heteroatoms. The summed E-state index contributed by atoms with van der Waals surface area (Å²) in [6, 6.07) is 16.8. The largest absolute Gasteiger partial charge is 0.349 e. The summed E-state index contributed by atoms with van der Waals surface area (Å²) in [6.07, 6.45) is 5.12. The van der Waals surface area contributed by atoms with Gasteiger partial charge in [0.1, 0.15) is 5.69 Å². The molecule has 0 saturated heterocycles. The molecule has 26 heavy (non-hydrogen) atoms. The lowest BCUT2D eigenvalue weighted by molar-refractivity contribution is 0.0952. The minimum atomic E-state index is -0.321. The molecule has 3 aromatic rings. The van der Waals surface area contributed by atoms with E-state index in [0.717, 1.165) is 18.5 Å². The first-order chi connectivity index (χ1) is 12.7. The Morgan fingerprint density at radius 2 is 1.69 bits per heavy atom. The van der Waals surface area contributed by atoms with Gasteiger partial charge in [-0.3, -0.25) is 14.2 Å². The van der Waals surface area contributed by atoms with Crippen molar-refractivity contribution in [1.29, 1.82) is 0 Å². The monoisotopic (exact) mass is 346 g/mol. The van der Waals surface area contributed by atoms with E-state index in [2.05, 4.69) is 15.6 Å². The predicted octanol–water partition coefficient (Wildman–Crippen LogP) is 3.02. The Kier molecular flexibility index (Phi) is 4.23. The first kappa shape index (κ1) is 16.1. The second kappa shape index (κ2) is 6.84. The number of amides is 2. The summed E-state index contributed by atoms with van der Waals surface area (Å²) in [5.41, 5.74) is 2.18. The summed E-state index contributed by atoms with van der Waals surface area (Å²) in [5.74, 6) is -0.488. The van der Waals surface area contributed by atoms with E-state index < -0.39 is 0 Å². The van der Waals surface area contributed by atoms with E-state index in [1.807, 2.05) is 30.3 Å². The average molecular weight is 346 g/mol. The van der Waals surface area contributed by atoms with Crippen LogP contribution in [0.4, 0.5) is 5.69 Å². The van der Waals surface area contributed by atoms with Crippen LogP contribution < -0.4 is 10.6 Å². The number of benzene rings is 2. The number of rotatable bonds is 5. The topological polar surface area (TPSA) is 76.0 Å². The summed E-state index contributed by atoms with van der Waals surface area (Å²) >= 11 is 0. The van der Waals surface area contributed by atoms with E-state index in [9.17, 15) is 9.59 Å². The molecule has 0 bridgehead atoms. The minimum absolute atomic E-state index is 0.167. The van der Waals surface area contributed by atoms with Crippen molar-refractivity contribution in [2.24, 2.45) is 0 Å². The second-order valence-electron chi connectivity index (χ2n) is 6.23. The van der Waals surface area contributed by atoms with Crippen molar-refractivity contribution >= 4 is 17.5 Å². The zero-order chi connectivity index (χ0) is 17.9. The van der Waals surface area contributed by atoms with Crippen LogP contribution in [0.3, 0.4) is 0 Å². The molecule has 0 atom stereocenters. The summed E-state index contributed by atoms with van der Waals surface area (Å²) in [4.78, 5) is 29.3. The number of hydrogen-bond donors (Lipinski definition) is 2. The SMILES string of the molecule is O=C(NC1CC1)c1ccccc1NC(=O)c1cncn1-c1ccccc1. The van der Waals surface area contributed by atoms with Crippen molar-refractivity contribution in [1.82, 2.24) is 14.9 Å². The van der Waals surface area contributed by atoms with E-state index in [-0.39, 0.29) is 17.9 Å². The summed E-state index contributed by atoms with van der Waals surface area (Å²) in [7, 11) is 0. The van der Waals surface area contributed by atoms with Crippen molar-refractivity contribution in [2.45, 2.75) is 18.9 Å². The molecule has 1 saturated carbocycles. The Hall–Kier alpha value is -3.41. The maximum Gasteiger partial charge on any atom is 0.274 e. The van der Waals surface area contributed by atoms with Crippen molar-refractivity contribution < 1.29 is 9.59 Å². The number of imidazole rings is 1. The van der Waals surface area contributed by atoms with E-state index in [1.54, 1.807) is 35.2 Å². The lowest BCUT2D eigenvalue weighted by atomic mass is 10.1. The van der Waals surface area contributed by atoms with Crippen molar-refractivity contribution in [3.63, 3.8) is 0 Å². The number of para-hydroxylation sites is 2. The molecule has 4 rings (SSSR count). The normalized spacial score (nSPS) is 13.2. The number of anilines is 1. The first-order valence-electron chi connectivity index (χ1n) is 8.51. The molecule has 0 radical (unpaired) electrons. The van der Waals surface area contributed by atoms with Crippen LogP contribution in [-0.4, -0.2) is 27.4 Å². The van der Waals surface area contributed by atoms with Gasteiger partial charge < -0.3 is 10.6 Å². The Balaban J connectivity index is 1.58. The van der Waals surface area contributed by atoms with E-state index in [1.165, 1.54) is 6.20 Å². The molecule has 2 aromatic carbocycles. The third kappa shape index (κ3) is 3.35. The van der Waals surface area contributed by atoms with Gasteiger partial charge in [-0.1, -0.05) is 30.3 Å². The minimum Gasteiger partial charge on any atom is -0.349 e. The fourth-order valence-electron chi connectivity index (χ4n) is 2.72. The van der Waals surface area contributed by atoms with Gasteiger partial charge in [-0.05, 0) is 37.1 Å². The van der Waals surface area contributed by atoms with Crippen LogP contribution in [0.1, 0.15) is 33.7 Å². The third-order valence-electron chi connectivity index (χ3n) is 4.24. The number of nitrogens with one attached hydrogen (secondary N) is 2. The lowest BCUT2D eigenvalue weighted by Crippen LogP contribution is -2.27. The van der Waals surface area contributed by atoms with Crippen molar-refractivity contribution in [3.8, 4) is 5.69 Å². The molecule has 0 spiro atoms. The second-order valence-corrected chi connectivity index (χ2v) is 6.23. The van der Waals surface area contributed by atoms with Gasteiger partial charge in [0.15, 0.2) is 0 Å². The van der Waals surface area contributed by atoms with Gasteiger partial charge in [-0.2, -0.15) is 0 Å². The molecule has 1 aliphatic carbocycles. The van der Waals surface area contributed by atoms with Gasteiger partial charge in [0.2, 0.25) is 0 Å². The standard InChI is InChI=1S/C20H18N4O2/c25-19(22-14-10-11-14)16-8-4-5-9-17(16)23-20(26)18-12-21-13-24(18)15-6-2-1-3-7-15/h1-9,12-14H,10-11H2,(H,22,25)(H,23,26). The van der Waals surface area contributed by atoms with Crippen LogP contribution in [-0.2, 0) is 0 Å². The number of nitrogens with zero attached hydrogens (tertiary/aromatic N) is 2. The smallest absolute Gasteiger partial charge is 0.274 e. The molecule has 0 aliphatic heterocycles. The van der Waals surface area contributed by atoms with E-state index in [0.29, 0.717) is 16.9 Å². The number of carbonyl (C=O) groups excluding carboxylic acids is 2. The molecule has 2 N–H and O–H groups in total. The highest BCUT2D eigenvalue weighted by atomic mass is 16.2. The fourth-order valence-corrected chi connectivity index (χ4v) is 2.72. The number of carbonyl (C=O) groups is 2. The molecule has 2 amide bonds. The third-order valence-corrected chi connectivity index (χ3v) is 4.24. The highest BCUT2D eigenvalue weighted by Gasteiger charge is 2.25. The van der Waals surface area contributed by atoms with Crippen LogP contribution in [0.2, 0.25) is 0 Å². The zero-order valence-corrected chi connectivity index (χ0v) is 14.1. The molecule has 130 valence electrons. The van der Waals surface area contributed by atoms with Crippen LogP contribution in [0.5, 0.6) is 0 Å². The Morgan fingerprint density at radius 3 is 2.46 bits per heavy atom. The summed E-state index contributed by atoms with van der Waals surface area (Å²) < 4.78 is 1.71. The highest BCUT2D eigenvalue weighted by molar-refractivity contribution is 6.08. The van der Waals surface area contributed by atoms with Gasteiger partial charge in [0.05, 0.1) is 23.8 Å². The van der Waals surface area contributed by atoms with Gasteiger partial charge >= 0.3 is 0 Å². The predicted molar refractivity (Wildman–Crippen MR) is 98.4 cm³/mol. The molecule has 1 aliphatic rings. The quantitative estimate of drug-likeness (QED) is 0.746. The molecule has 1 heterocycles. The molecule has 1 aromatic heterocycles. The van der Waals surface area contributed by atoms with Crippen LogP contribution in [0, 0.1) is 0 Å². The van der Waals surface area contributed by atoms with E-state index >= 15 is 0 Å². The molecule has 0 unspecified atom stereocenters. The Morgan fingerprint density at radius 1 is 0.962 bits per heavy atom. The maximum absolute atomic E-state index is 12.8. The molecular formula is C20H18N4O2. The number of hydrogen-bond acceptors (Lipinski definition) is 3. The van der Waals surface area contributed by atoms with Gasteiger partial charge in [-0.25, -0.2) is 4.98 Å².